The Bertz CT molecular complexity index is 367. The summed E-state index contributed by atoms with van der Waals surface area (Å²) < 4.78 is 27.3. The second kappa shape index (κ2) is 15.1. The predicted molar refractivity (Wildman–Crippen MR) is 109 cm³/mol. The van der Waals surface area contributed by atoms with E-state index >= 15 is 0 Å². The third-order valence-corrected chi connectivity index (χ3v) is 7.22. The molecule has 0 heterocycles. The Labute approximate surface area is 162 Å². The van der Waals surface area contributed by atoms with Gasteiger partial charge in [0.2, 0.25) is 0 Å². The molecule has 26 heavy (non-hydrogen) atoms. The van der Waals surface area contributed by atoms with Gasteiger partial charge in [0.1, 0.15) is 0 Å². The van der Waals surface area contributed by atoms with E-state index in [4.69, 9.17) is 13.6 Å². The molecule has 0 bridgehead atoms. The zero-order valence-electron chi connectivity index (χ0n) is 17.5. The van der Waals surface area contributed by atoms with Crippen LogP contribution in [-0.2, 0) is 18.1 Å². The lowest BCUT2D eigenvalue weighted by molar-refractivity contribution is 0.130. The SMILES string of the molecule is CCCCCCCCCC1CCC(CCCOP(=O)(OC)OCC)CC1. The molecular weight excluding hydrogens is 347 g/mol. The van der Waals surface area contributed by atoms with Crippen LogP contribution in [0, 0.1) is 11.8 Å². The normalized spacial score (nSPS) is 23.0. The lowest BCUT2D eigenvalue weighted by atomic mass is 9.78. The highest BCUT2D eigenvalue weighted by atomic mass is 31.2. The minimum absolute atomic E-state index is 0.341. The van der Waals surface area contributed by atoms with Crippen LogP contribution in [0.25, 0.3) is 0 Å². The van der Waals surface area contributed by atoms with Crippen LogP contribution in [0.5, 0.6) is 0 Å². The van der Waals surface area contributed by atoms with E-state index in [2.05, 4.69) is 6.92 Å². The maximum Gasteiger partial charge on any atom is 0.474 e. The summed E-state index contributed by atoms with van der Waals surface area (Å²) in [7, 11) is -1.93. The van der Waals surface area contributed by atoms with Crippen molar-refractivity contribution in [2.75, 3.05) is 20.3 Å². The van der Waals surface area contributed by atoms with Gasteiger partial charge in [0, 0.05) is 7.11 Å². The first kappa shape index (κ1) is 24.1. The Hall–Kier alpha value is 0.110. The molecule has 1 aliphatic carbocycles. The molecule has 1 aliphatic rings. The third-order valence-electron chi connectivity index (χ3n) is 5.70. The van der Waals surface area contributed by atoms with Gasteiger partial charge in [0.05, 0.1) is 13.2 Å². The lowest BCUT2D eigenvalue weighted by Crippen LogP contribution is -2.15. The predicted octanol–water partition coefficient (Wildman–Crippen LogP) is 7.52. The quantitative estimate of drug-likeness (QED) is 0.202. The fourth-order valence-corrected chi connectivity index (χ4v) is 5.00. The number of unbranched alkanes of at least 4 members (excludes halogenated alkanes) is 6. The molecule has 4 nitrogen and oxygen atoms in total. The highest BCUT2D eigenvalue weighted by molar-refractivity contribution is 7.48. The number of hydrogen-bond donors (Lipinski definition) is 0. The van der Waals surface area contributed by atoms with Gasteiger partial charge in [-0.1, -0.05) is 84.0 Å². The second-order valence-corrected chi connectivity index (χ2v) is 9.60. The number of phosphoric ester groups is 1. The van der Waals surface area contributed by atoms with Crippen LogP contribution in [0.3, 0.4) is 0 Å². The summed E-state index contributed by atoms with van der Waals surface area (Å²) in [5, 5.41) is 0. The highest BCUT2D eigenvalue weighted by Gasteiger charge is 2.24. The van der Waals surface area contributed by atoms with E-state index in [-0.39, 0.29) is 0 Å². The molecule has 1 fully saturated rings. The van der Waals surface area contributed by atoms with Crippen molar-refractivity contribution in [1.29, 1.82) is 0 Å². The van der Waals surface area contributed by atoms with E-state index in [9.17, 15) is 4.57 Å². The molecule has 156 valence electrons. The Morgan fingerprint density at radius 2 is 1.31 bits per heavy atom. The van der Waals surface area contributed by atoms with E-state index in [1.54, 1.807) is 6.92 Å². The lowest BCUT2D eigenvalue weighted by Gasteiger charge is -2.28. The molecule has 1 unspecified atom stereocenters. The molecule has 0 aromatic heterocycles. The summed E-state index contributed by atoms with van der Waals surface area (Å²) >= 11 is 0. The Balaban J connectivity index is 2.00. The Kier molecular flexibility index (Phi) is 14.0. The molecule has 0 aromatic rings. The minimum atomic E-state index is -3.31. The van der Waals surface area contributed by atoms with Crippen LogP contribution in [0.1, 0.15) is 104 Å². The molecule has 0 aliphatic heterocycles. The zero-order chi connectivity index (χ0) is 19.1. The van der Waals surface area contributed by atoms with Crippen LogP contribution in [0.15, 0.2) is 0 Å². The van der Waals surface area contributed by atoms with E-state index in [1.165, 1.54) is 90.6 Å². The largest absolute Gasteiger partial charge is 0.474 e. The van der Waals surface area contributed by atoms with Gasteiger partial charge in [-0.3, -0.25) is 13.6 Å². The minimum Gasteiger partial charge on any atom is -0.290 e. The average molecular weight is 391 g/mol. The fraction of sp³-hybridized carbons (Fsp3) is 1.00. The standard InChI is InChI=1S/C21H43O4P/c1-4-6-7-8-9-10-11-13-20-15-17-21(18-16-20)14-12-19-25-26(22,23-3)24-5-2/h20-21H,4-19H2,1-3H3. The van der Waals surface area contributed by atoms with Crippen LogP contribution >= 0.6 is 7.82 Å². The molecule has 0 spiro atoms. The van der Waals surface area contributed by atoms with E-state index in [0.29, 0.717) is 13.2 Å². The summed E-state index contributed by atoms with van der Waals surface area (Å²) in [6, 6.07) is 0. The van der Waals surface area contributed by atoms with Crippen LogP contribution in [-0.4, -0.2) is 20.3 Å². The number of phosphoric acid groups is 1. The van der Waals surface area contributed by atoms with Gasteiger partial charge < -0.3 is 0 Å². The van der Waals surface area contributed by atoms with Gasteiger partial charge in [0.25, 0.3) is 0 Å². The molecule has 1 rings (SSSR count). The van der Waals surface area contributed by atoms with Gasteiger partial charge in [0.15, 0.2) is 0 Å². The van der Waals surface area contributed by atoms with Gasteiger partial charge in [-0.15, -0.1) is 0 Å². The molecule has 0 radical (unpaired) electrons. The van der Waals surface area contributed by atoms with Gasteiger partial charge in [-0.2, -0.15) is 0 Å². The topological polar surface area (TPSA) is 44.8 Å². The monoisotopic (exact) mass is 390 g/mol. The molecule has 5 heteroatoms. The van der Waals surface area contributed by atoms with Gasteiger partial charge in [-0.05, 0) is 31.6 Å². The summed E-state index contributed by atoms with van der Waals surface area (Å²) in [5.41, 5.74) is 0. The van der Waals surface area contributed by atoms with Crippen molar-refractivity contribution in [1.82, 2.24) is 0 Å². The van der Waals surface area contributed by atoms with Crippen molar-refractivity contribution in [3.63, 3.8) is 0 Å². The summed E-state index contributed by atoms with van der Waals surface area (Å²) in [6.45, 7) is 4.87. The van der Waals surface area contributed by atoms with E-state index in [0.717, 1.165) is 18.3 Å². The molecule has 1 saturated carbocycles. The molecule has 0 N–H and O–H groups in total. The van der Waals surface area contributed by atoms with E-state index in [1.807, 2.05) is 0 Å². The maximum atomic E-state index is 12.0. The smallest absolute Gasteiger partial charge is 0.290 e. The maximum absolute atomic E-state index is 12.0. The second-order valence-electron chi connectivity index (χ2n) is 7.82. The molecule has 0 amide bonds. The van der Waals surface area contributed by atoms with Gasteiger partial charge in [-0.25, -0.2) is 4.57 Å². The molecule has 1 atom stereocenters. The first-order valence-electron chi connectivity index (χ1n) is 11.1. The first-order chi connectivity index (χ1) is 12.6. The van der Waals surface area contributed by atoms with E-state index < -0.39 is 7.82 Å². The van der Waals surface area contributed by atoms with Crippen LogP contribution < -0.4 is 0 Å². The Morgan fingerprint density at radius 3 is 1.85 bits per heavy atom. The number of rotatable bonds is 16. The van der Waals surface area contributed by atoms with Crippen molar-refractivity contribution in [2.24, 2.45) is 11.8 Å². The Morgan fingerprint density at radius 1 is 0.769 bits per heavy atom. The van der Waals surface area contributed by atoms with Crippen molar-refractivity contribution in [3.05, 3.63) is 0 Å². The third kappa shape index (κ3) is 11.1. The van der Waals surface area contributed by atoms with Crippen molar-refractivity contribution in [2.45, 2.75) is 104 Å². The van der Waals surface area contributed by atoms with Crippen molar-refractivity contribution in [3.8, 4) is 0 Å². The summed E-state index contributed by atoms with van der Waals surface area (Å²) in [4.78, 5) is 0. The molecule has 0 saturated heterocycles. The molecular formula is C21H43O4P. The van der Waals surface area contributed by atoms with Crippen LogP contribution in [0.4, 0.5) is 0 Å². The zero-order valence-corrected chi connectivity index (χ0v) is 18.4. The van der Waals surface area contributed by atoms with Crippen molar-refractivity contribution < 1.29 is 18.1 Å². The van der Waals surface area contributed by atoms with Gasteiger partial charge >= 0.3 is 7.82 Å². The summed E-state index contributed by atoms with van der Waals surface area (Å²) in [5.74, 6) is 1.78. The number of hydrogen-bond acceptors (Lipinski definition) is 4. The fourth-order valence-electron chi connectivity index (χ4n) is 4.05. The van der Waals surface area contributed by atoms with Crippen molar-refractivity contribution >= 4 is 7.82 Å². The molecule has 0 aromatic carbocycles. The first-order valence-corrected chi connectivity index (χ1v) is 12.5. The highest BCUT2D eigenvalue weighted by Crippen LogP contribution is 2.48. The van der Waals surface area contributed by atoms with Crippen LogP contribution in [0.2, 0.25) is 0 Å². The average Bonchev–Trinajstić information content (AvgIpc) is 2.66. The summed E-state index contributed by atoms with van der Waals surface area (Å²) in [6.07, 6.45) is 19.0.